The largest absolute Gasteiger partial charge is 0.311 e. The van der Waals surface area contributed by atoms with Crippen molar-refractivity contribution in [3.63, 3.8) is 0 Å². The van der Waals surface area contributed by atoms with Crippen molar-refractivity contribution in [3.05, 3.63) is 159 Å². The third-order valence-electron chi connectivity index (χ3n) is 17.8. The fourth-order valence-corrected chi connectivity index (χ4v) is 14.5. The van der Waals surface area contributed by atoms with E-state index in [2.05, 4.69) is 205 Å². The zero-order chi connectivity index (χ0) is 49.6. The summed E-state index contributed by atoms with van der Waals surface area (Å²) in [4.78, 5) is 4.97. The molecule has 6 aromatic rings. The van der Waals surface area contributed by atoms with Gasteiger partial charge in [0.2, 0.25) is 0 Å². The Labute approximate surface area is 402 Å². The molecule has 338 valence electrons. The Morgan fingerprint density at radius 1 is 0.470 bits per heavy atom. The standard InChI is InChI=1S/C63H73BN2/c1-38-28-54-56-55(29-38)66(51-34-47-44(30-39(51)2)57(3,4)26-27-58(47,5)6)52-31-41(63(15,16)40-20-18-17-19-21-40)22-25-49(52)64(56)50-33-46-48(62(13,14)37-61(46,11)12)35-53(50)65(54)42-23-24-43-45(32-42)60(9,10)36-59(43,7)8/h17-25,28-35H,26-27,36-37H2,1-16H3/i1D3. The van der Waals surface area contributed by atoms with Gasteiger partial charge in [0.1, 0.15) is 0 Å². The molecule has 2 nitrogen and oxygen atoms in total. The van der Waals surface area contributed by atoms with Crippen molar-refractivity contribution in [2.45, 2.75) is 174 Å². The Hall–Kier alpha value is -5.02. The predicted molar refractivity (Wildman–Crippen MR) is 285 cm³/mol. The molecular formula is C63H73BN2. The van der Waals surface area contributed by atoms with Crippen LogP contribution in [-0.4, -0.2) is 6.71 Å². The molecule has 6 aromatic carbocycles. The molecule has 0 bridgehead atoms. The molecule has 66 heavy (non-hydrogen) atoms. The fraction of sp³-hybridized carbons (Fsp3) is 0.429. The second-order valence-electron chi connectivity index (χ2n) is 25.8. The Balaban J connectivity index is 1.28. The van der Waals surface area contributed by atoms with Crippen molar-refractivity contribution in [3.8, 4) is 0 Å². The summed E-state index contributed by atoms with van der Waals surface area (Å²) >= 11 is 0. The van der Waals surface area contributed by atoms with E-state index < -0.39 is 6.85 Å². The number of hydrogen-bond acceptors (Lipinski definition) is 2. The molecule has 2 heterocycles. The molecule has 0 radical (unpaired) electrons. The van der Waals surface area contributed by atoms with E-state index >= 15 is 0 Å². The first-order chi connectivity index (χ1) is 31.9. The molecule has 0 fully saturated rings. The SMILES string of the molecule is [2H]C([2H])([2H])c1cc2c3c(c1)N(c1cc4c(cc1C)C(C)(C)CCC4(C)C)c1cc(C(C)(C)c4ccccc4)ccc1B3c1cc3c(cc1N2c1ccc2c(c1)C(C)(C)CC2(C)C)C(C)(C)CC3(C)C. The van der Waals surface area contributed by atoms with Gasteiger partial charge in [-0.3, -0.25) is 0 Å². The molecule has 0 atom stereocenters. The van der Waals surface area contributed by atoms with Gasteiger partial charge in [0.25, 0.3) is 6.71 Å². The van der Waals surface area contributed by atoms with Crippen molar-refractivity contribution in [1.29, 1.82) is 0 Å². The minimum atomic E-state index is -2.36. The lowest BCUT2D eigenvalue weighted by Gasteiger charge is -2.47. The van der Waals surface area contributed by atoms with Gasteiger partial charge in [0, 0.05) is 43.7 Å². The van der Waals surface area contributed by atoms with E-state index in [1.165, 1.54) is 66.5 Å². The van der Waals surface area contributed by atoms with Gasteiger partial charge in [0.05, 0.1) is 0 Å². The summed E-state index contributed by atoms with van der Waals surface area (Å²) in [6.45, 7) is 33.3. The monoisotopic (exact) mass is 872 g/mol. The number of fused-ring (bicyclic) bond motifs is 7. The molecule has 2 aliphatic heterocycles. The van der Waals surface area contributed by atoms with Gasteiger partial charge in [-0.1, -0.05) is 158 Å². The molecule has 0 saturated heterocycles. The fourth-order valence-electron chi connectivity index (χ4n) is 14.5. The highest BCUT2D eigenvalue weighted by Gasteiger charge is 2.50. The molecule has 3 aliphatic carbocycles. The summed E-state index contributed by atoms with van der Waals surface area (Å²) in [5, 5.41) is 0. The molecule has 0 aromatic heterocycles. The maximum atomic E-state index is 9.22. The van der Waals surface area contributed by atoms with E-state index in [4.69, 9.17) is 0 Å². The number of hydrogen-bond donors (Lipinski definition) is 0. The third-order valence-corrected chi connectivity index (χ3v) is 17.8. The number of benzene rings is 6. The number of anilines is 6. The summed E-state index contributed by atoms with van der Waals surface area (Å²) in [6.07, 6.45) is 4.36. The quantitative estimate of drug-likeness (QED) is 0.163. The van der Waals surface area contributed by atoms with Crippen LogP contribution in [0.15, 0.2) is 103 Å². The average Bonchev–Trinajstić information content (AvgIpc) is 3.57. The Bertz CT molecular complexity index is 3160. The van der Waals surface area contributed by atoms with Crippen LogP contribution in [0.5, 0.6) is 0 Å². The van der Waals surface area contributed by atoms with Crippen LogP contribution in [0, 0.1) is 13.8 Å². The zero-order valence-corrected chi connectivity index (χ0v) is 42.6. The van der Waals surface area contributed by atoms with E-state index in [9.17, 15) is 4.11 Å². The second-order valence-corrected chi connectivity index (χ2v) is 25.8. The normalized spacial score (nSPS) is 21.4. The van der Waals surface area contributed by atoms with Gasteiger partial charge >= 0.3 is 0 Å². The Morgan fingerprint density at radius 3 is 1.64 bits per heavy atom. The molecule has 0 spiro atoms. The van der Waals surface area contributed by atoms with Crippen LogP contribution in [-0.2, 0) is 37.9 Å². The number of aryl methyl sites for hydroxylation is 2. The highest BCUT2D eigenvalue weighted by atomic mass is 15.2. The van der Waals surface area contributed by atoms with Gasteiger partial charge in [0.15, 0.2) is 0 Å². The smallest absolute Gasteiger partial charge is 0.252 e. The van der Waals surface area contributed by atoms with Crippen molar-refractivity contribution >= 4 is 57.2 Å². The number of nitrogens with zero attached hydrogens (tertiary/aromatic N) is 2. The average molecular weight is 872 g/mol. The van der Waals surface area contributed by atoms with Crippen molar-refractivity contribution in [2.24, 2.45) is 0 Å². The zero-order valence-electron chi connectivity index (χ0n) is 45.6. The van der Waals surface area contributed by atoms with E-state index in [1.54, 1.807) is 0 Å². The molecule has 0 saturated carbocycles. The van der Waals surface area contributed by atoms with Gasteiger partial charge in [-0.25, -0.2) is 0 Å². The van der Waals surface area contributed by atoms with Crippen LogP contribution in [0.2, 0.25) is 0 Å². The van der Waals surface area contributed by atoms with Crippen LogP contribution in [0.3, 0.4) is 0 Å². The molecule has 0 N–H and O–H groups in total. The highest BCUT2D eigenvalue weighted by Crippen LogP contribution is 2.56. The molecule has 3 heteroatoms. The summed E-state index contributed by atoms with van der Waals surface area (Å²) < 4.78 is 27.7. The minimum absolute atomic E-state index is 0.0206. The molecule has 0 amide bonds. The molecule has 0 unspecified atom stereocenters. The topological polar surface area (TPSA) is 6.48 Å². The maximum Gasteiger partial charge on any atom is 0.252 e. The molecule has 5 aliphatic rings. The van der Waals surface area contributed by atoms with Crippen LogP contribution in [0.25, 0.3) is 0 Å². The van der Waals surface area contributed by atoms with E-state index in [0.29, 0.717) is 5.56 Å². The number of rotatable bonds is 4. The van der Waals surface area contributed by atoms with Crippen molar-refractivity contribution < 1.29 is 4.11 Å². The van der Waals surface area contributed by atoms with Crippen LogP contribution in [0.1, 0.15) is 182 Å². The van der Waals surface area contributed by atoms with E-state index in [-0.39, 0.29) is 44.6 Å². The first kappa shape index (κ1) is 40.1. The lowest BCUT2D eigenvalue weighted by molar-refractivity contribution is 0.332. The van der Waals surface area contributed by atoms with Gasteiger partial charge in [-0.15, -0.1) is 0 Å². The highest BCUT2D eigenvalue weighted by molar-refractivity contribution is 7.00. The lowest BCUT2D eigenvalue weighted by atomic mass is 9.33. The first-order valence-corrected chi connectivity index (χ1v) is 24.9. The second kappa shape index (κ2) is 13.6. The van der Waals surface area contributed by atoms with Crippen molar-refractivity contribution in [1.82, 2.24) is 0 Å². The summed E-state index contributed by atoms with van der Waals surface area (Å²) in [7, 11) is 0. The molecular weight excluding hydrogens is 796 g/mol. The summed E-state index contributed by atoms with van der Waals surface area (Å²) in [5.41, 5.74) is 22.2. The Kier molecular flexibility index (Phi) is 8.25. The predicted octanol–water partition coefficient (Wildman–Crippen LogP) is 15.0. The van der Waals surface area contributed by atoms with Crippen molar-refractivity contribution in [2.75, 3.05) is 9.80 Å². The summed E-state index contributed by atoms with van der Waals surface area (Å²) in [5.74, 6) is 0. The minimum Gasteiger partial charge on any atom is -0.311 e. The van der Waals surface area contributed by atoms with Gasteiger partial charge < -0.3 is 9.80 Å². The Morgan fingerprint density at radius 2 is 1.00 bits per heavy atom. The van der Waals surface area contributed by atoms with E-state index in [0.717, 1.165) is 59.8 Å². The van der Waals surface area contributed by atoms with Gasteiger partial charge in [-0.05, 0) is 186 Å². The van der Waals surface area contributed by atoms with Crippen LogP contribution < -0.4 is 26.2 Å². The summed E-state index contributed by atoms with van der Waals surface area (Å²) in [6, 6.07) is 39.4. The molecule has 11 rings (SSSR count). The third kappa shape index (κ3) is 6.12. The van der Waals surface area contributed by atoms with E-state index in [1.807, 2.05) is 12.1 Å². The van der Waals surface area contributed by atoms with Gasteiger partial charge in [-0.2, -0.15) is 0 Å². The van der Waals surface area contributed by atoms with Crippen LogP contribution in [0.4, 0.5) is 34.1 Å². The van der Waals surface area contributed by atoms with Crippen LogP contribution >= 0.6 is 0 Å². The first-order valence-electron chi connectivity index (χ1n) is 26.4. The maximum absolute atomic E-state index is 9.22. The lowest BCUT2D eigenvalue weighted by Crippen LogP contribution is -2.61.